The first-order chi connectivity index (χ1) is 12.1. The van der Waals surface area contributed by atoms with Gasteiger partial charge in [0.25, 0.3) is 0 Å². The number of likely N-dealkylation sites (N-methyl/N-ethyl adjacent to an activating group) is 1. The van der Waals surface area contributed by atoms with Crippen molar-refractivity contribution < 1.29 is 14.0 Å². The monoisotopic (exact) mass is 346 g/mol. The van der Waals surface area contributed by atoms with E-state index < -0.39 is 0 Å². The van der Waals surface area contributed by atoms with Gasteiger partial charge in [0.2, 0.25) is 5.89 Å². The van der Waals surface area contributed by atoms with E-state index in [0.717, 1.165) is 37.7 Å². The summed E-state index contributed by atoms with van der Waals surface area (Å²) >= 11 is 0. The van der Waals surface area contributed by atoms with Crippen LogP contribution in [0.15, 0.2) is 22.7 Å². The number of aryl methyl sites for hydroxylation is 1. The van der Waals surface area contributed by atoms with Crippen LogP contribution in [0.3, 0.4) is 0 Å². The van der Waals surface area contributed by atoms with E-state index in [-0.39, 0.29) is 6.04 Å². The standard InChI is InChI=1S/C18H26N4O3/c1-5-24-17-10-14(6-7-16(17)23-4)11-22-9-8-21(3)15(12-22)18-19-13(2)20-25-18/h6-7,10,15H,5,8-9,11-12H2,1-4H3/t15-/m0/s1. The molecule has 0 amide bonds. The normalized spacial score (nSPS) is 19.1. The topological polar surface area (TPSA) is 63.9 Å². The number of hydrogen-bond donors (Lipinski definition) is 0. The molecular weight excluding hydrogens is 320 g/mol. The first-order valence-electron chi connectivity index (χ1n) is 8.63. The summed E-state index contributed by atoms with van der Waals surface area (Å²) in [5.41, 5.74) is 1.20. The van der Waals surface area contributed by atoms with Crippen molar-refractivity contribution >= 4 is 0 Å². The molecule has 7 nitrogen and oxygen atoms in total. The van der Waals surface area contributed by atoms with Gasteiger partial charge in [0, 0.05) is 26.2 Å². The highest BCUT2D eigenvalue weighted by atomic mass is 16.5. The molecule has 1 aromatic heterocycles. The Balaban J connectivity index is 1.71. The predicted octanol–water partition coefficient (Wildman–Crippen LogP) is 2.27. The minimum atomic E-state index is 0.125. The van der Waals surface area contributed by atoms with E-state index in [1.54, 1.807) is 7.11 Å². The van der Waals surface area contributed by atoms with Crippen LogP contribution >= 0.6 is 0 Å². The summed E-state index contributed by atoms with van der Waals surface area (Å²) in [5.74, 6) is 2.93. The lowest BCUT2D eigenvalue weighted by Gasteiger charge is -2.37. The van der Waals surface area contributed by atoms with Crippen molar-refractivity contribution in [2.45, 2.75) is 26.4 Å². The summed E-state index contributed by atoms with van der Waals surface area (Å²) in [6, 6.07) is 6.24. The number of rotatable bonds is 6. The number of piperazine rings is 1. The Kier molecular flexibility index (Phi) is 5.55. The third kappa shape index (κ3) is 4.11. The molecule has 0 radical (unpaired) electrons. The van der Waals surface area contributed by atoms with Crippen LogP contribution in [-0.2, 0) is 6.54 Å². The smallest absolute Gasteiger partial charge is 0.245 e. The average Bonchev–Trinajstić information content (AvgIpc) is 3.03. The minimum Gasteiger partial charge on any atom is -0.493 e. The molecule has 1 aliphatic rings. The summed E-state index contributed by atoms with van der Waals surface area (Å²) in [7, 11) is 3.76. The van der Waals surface area contributed by atoms with Gasteiger partial charge in [-0.25, -0.2) is 0 Å². The molecule has 3 rings (SSSR count). The Morgan fingerprint density at radius 2 is 2.12 bits per heavy atom. The minimum absolute atomic E-state index is 0.125. The molecule has 25 heavy (non-hydrogen) atoms. The number of benzene rings is 1. The second kappa shape index (κ2) is 7.84. The van der Waals surface area contributed by atoms with Crippen molar-refractivity contribution in [3.05, 3.63) is 35.5 Å². The molecule has 136 valence electrons. The second-order valence-electron chi connectivity index (χ2n) is 6.33. The first-order valence-corrected chi connectivity index (χ1v) is 8.63. The van der Waals surface area contributed by atoms with Crippen LogP contribution in [0.1, 0.15) is 30.2 Å². The van der Waals surface area contributed by atoms with Gasteiger partial charge in [-0.05, 0) is 38.6 Å². The van der Waals surface area contributed by atoms with E-state index in [2.05, 4.69) is 39.1 Å². The fourth-order valence-electron chi connectivity index (χ4n) is 3.13. The Morgan fingerprint density at radius 3 is 2.80 bits per heavy atom. The van der Waals surface area contributed by atoms with E-state index in [0.29, 0.717) is 18.3 Å². The highest BCUT2D eigenvalue weighted by Gasteiger charge is 2.29. The summed E-state index contributed by atoms with van der Waals surface area (Å²) in [5, 5.41) is 3.92. The molecule has 0 spiro atoms. The lowest BCUT2D eigenvalue weighted by atomic mass is 10.1. The lowest BCUT2D eigenvalue weighted by molar-refractivity contribution is 0.0714. The summed E-state index contributed by atoms with van der Waals surface area (Å²) < 4.78 is 16.4. The van der Waals surface area contributed by atoms with Gasteiger partial charge in [0.05, 0.1) is 13.7 Å². The summed E-state index contributed by atoms with van der Waals surface area (Å²) in [6.07, 6.45) is 0. The maximum atomic E-state index is 5.68. The van der Waals surface area contributed by atoms with Crippen LogP contribution < -0.4 is 9.47 Å². The zero-order chi connectivity index (χ0) is 17.8. The van der Waals surface area contributed by atoms with Gasteiger partial charge in [0.15, 0.2) is 17.3 Å². The lowest BCUT2D eigenvalue weighted by Crippen LogP contribution is -2.46. The van der Waals surface area contributed by atoms with Gasteiger partial charge in [-0.3, -0.25) is 9.80 Å². The van der Waals surface area contributed by atoms with Crippen LogP contribution in [0.4, 0.5) is 0 Å². The van der Waals surface area contributed by atoms with Gasteiger partial charge < -0.3 is 14.0 Å². The molecule has 2 heterocycles. The van der Waals surface area contributed by atoms with Gasteiger partial charge in [-0.2, -0.15) is 4.98 Å². The van der Waals surface area contributed by atoms with Crippen molar-refractivity contribution in [2.24, 2.45) is 0 Å². The van der Waals surface area contributed by atoms with Crippen molar-refractivity contribution in [2.75, 3.05) is 40.4 Å². The Hall–Kier alpha value is -2.12. The molecule has 0 bridgehead atoms. The molecule has 0 aliphatic carbocycles. The molecule has 1 saturated heterocycles. The molecule has 0 N–H and O–H groups in total. The van der Waals surface area contributed by atoms with E-state index in [9.17, 15) is 0 Å². The van der Waals surface area contributed by atoms with Crippen LogP contribution in [-0.4, -0.2) is 60.3 Å². The zero-order valence-corrected chi connectivity index (χ0v) is 15.4. The molecule has 1 aliphatic heterocycles. The second-order valence-corrected chi connectivity index (χ2v) is 6.33. The number of hydrogen-bond acceptors (Lipinski definition) is 7. The van der Waals surface area contributed by atoms with E-state index in [1.807, 2.05) is 19.9 Å². The molecule has 7 heteroatoms. The maximum absolute atomic E-state index is 5.68. The molecule has 1 aromatic carbocycles. The van der Waals surface area contributed by atoms with Gasteiger partial charge in [-0.15, -0.1) is 0 Å². The Morgan fingerprint density at radius 1 is 1.28 bits per heavy atom. The first kappa shape index (κ1) is 17.7. The van der Waals surface area contributed by atoms with Crippen LogP contribution in [0.25, 0.3) is 0 Å². The van der Waals surface area contributed by atoms with Gasteiger partial charge in [-0.1, -0.05) is 11.2 Å². The van der Waals surface area contributed by atoms with Crippen LogP contribution in [0.2, 0.25) is 0 Å². The molecule has 2 aromatic rings. The van der Waals surface area contributed by atoms with Crippen molar-refractivity contribution in [1.29, 1.82) is 0 Å². The average molecular weight is 346 g/mol. The van der Waals surface area contributed by atoms with Crippen molar-refractivity contribution in [3.8, 4) is 11.5 Å². The van der Waals surface area contributed by atoms with Gasteiger partial charge in [0.1, 0.15) is 6.04 Å². The largest absolute Gasteiger partial charge is 0.493 e. The van der Waals surface area contributed by atoms with E-state index in [1.165, 1.54) is 5.56 Å². The molecule has 0 unspecified atom stereocenters. The zero-order valence-electron chi connectivity index (χ0n) is 15.4. The van der Waals surface area contributed by atoms with Crippen molar-refractivity contribution in [3.63, 3.8) is 0 Å². The Bertz CT molecular complexity index is 703. The molecule has 1 atom stereocenters. The highest BCUT2D eigenvalue weighted by molar-refractivity contribution is 5.43. The highest BCUT2D eigenvalue weighted by Crippen LogP contribution is 2.29. The molecule has 0 saturated carbocycles. The number of methoxy groups -OCH3 is 1. The van der Waals surface area contributed by atoms with E-state index in [4.69, 9.17) is 14.0 Å². The quantitative estimate of drug-likeness (QED) is 0.795. The fourth-order valence-corrected chi connectivity index (χ4v) is 3.13. The van der Waals surface area contributed by atoms with Crippen LogP contribution in [0, 0.1) is 6.92 Å². The maximum Gasteiger partial charge on any atom is 0.245 e. The molecular formula is C18H26N4O3. The van der Waals surface area contributed by atoms with Gasteiger partial charge >= 0.3 is 0 Å². The van der Waals surface area contributed by atoms with Crippen LogP contribution in [0.5, 0.6) is 11.5 Å². The number of aromatic nitrogens is 2. The molecule has 1 fully saturated rings. The Labute approximate surface area is 148 Å². The summed E-state index contributed by atoms with van der Waals surface area (Å²) in [4.78, 5) is 9.08. The SMILES string of the molecule is CCOc1cc(CN2CCN(C)[C@H](c3nc(C)no3)C2)ccc1OC. The summed E-state index contributed by atoms with van der Waals surface area (Å²) in [6.45, 7) is 8.10. The third-order valence-electron chi connectivity index (χ3n) is 4.49. The number of ether oxygens (including phenoxy) is 2. The van der Waals surface area contributed by atoms with Crippen molar-refractivity contribution in [1.82, 2.24) is 19.9 Å². The third-order valence-corrected chi connectivity index (χ3v) is 4.49. The number of nitrogens with zero attached hydrogens (tertiary/aromatic N) is 4. The van der Waals surface area contributed by atoms with E-state index >= 15 is 0 Å². The predicted molar refractivity (Wildman–Crippen MR) is 93.8 cm³/mol. The fraction of sp³-hybridized carbons (Fsp3) is 0.556.